The summed E-state index contributed by atoms with van der Waals surface area (Å²) in [7, 11) is -3.47. The fraction of sp³-hybridized carbons (Fsp3) is 0.588. The molecule has 2 aliphatic rings. The van der Waals surface area contributed by atoms with Gasteiger partial charge in [-0.25, -0.2) is 8.42 Å². The van der Waals surface area contributed by atoms with Gasteiger partial charge in [0.2, 0.25) is 10.0 Å². The SMILES string of the molecule is CS(=O)(=O)N1C[C@H](C(=O)NCCSC2CCCC2)Oc2ccccc21. The Morgan fingerprint density at radius 3 is 2.76 bits per heavy atom. The van der Waals surface area contributed by atoms with E-state index in [1.165, 1.54) is 30.0 Å². The largest absolute Gasteiger partial charge is 0.476 e. The summed E-state index contributed by atoms with van der Waals surface area (Å²) in [6.07, 6.45) is 5.46. The average molecular weight is 385 g/mol. The van der Waals surface area contributed by atoms with Crippen LogP contribution in [0.2, 0.25) is 0 Å². The second-order valence-electron chi connectivity index (χ2n) is 6.44. The van der Waals surface area contributed by atoms with Crippen LogP contribution in [0.5, 0.6) is 5.75 Å². The number of nitrogens with one attached hydrogen (secondary N) is 1. The lowest BCUT2D eigenvalue weighted by Crippen LogP contribution is -2.50. The predicted molar refractivity (Wildman–Crippen MR) is 101 cm³/mol. The number of sulfonamides is 1. The van der Waals surface area contributed by atoms with E-state index >= 15 is 0 Å². The summed E-state index contributed by atoms with van der Waals surface area (Å²) in [5.74, 6) is 1.02. The number of fused-ring (bicyclic) bond motifs is 1. The molecule has 0 bridgehead atoms. The van der Waals surface area contributed by atoms with E-state index in [2.05, 4.69) is 5.32 Å². The van der Waals surface area contributed by atoms with Gasteiger partial charge in [-0.1, -0.05) is 25.0 Å². The van der Waals surface area contributed by atoms with Gasteiger partial charge in [0.05, 0.1) is 18.5 Å². The number of carbonyl (C=O) groups excluding carboxylic acids is 1. The van der Waals surface area contributed by atoms with Gasteiger partial charge in [0.15, 0.2) is 6.10 Å². The molecule has 25 heavy (non-hydrogen) atoms. The first kappa shape index (κ1) is 18.4. The Morgan fingerprint density at radius 1 is 1.32 bits per heavy atom. The van der Waals surface area contributed by atoms with Crippen molar-refractivity contribution < 1.29 is 17.9 Å². The summed E-state index contributed by atoms with van der Waals surface area (Å²) in [6, 6.07) is 6.88. The Morgan fingerprint density at radius 2 is 2.04 bits per heavy atom. The minimum Gasteiger partial charge on any atom is -0.476 e. The molecule has 1 fully saturated rings. The monoisotopic (exact) mass is 384 g/mol. The first-order valence-electron chi connectivity index (χ1n) is 8.58. The number of ether oxygens (including phenoxy) is 1. The fourth-order valence-corrected chi connectivity index (χ4v) is 5.36. The number of benzene rings is 1. The Labute approximate surface area is 153 Å². The molecule has 0 radical (unpaired) electrons. The van der Waals surface area contributed by atoms with Gasteiger partial charge < -0.3 is 10.1 Å². The quantitative estimate of drug-likeness (QED) is 0.760. The van der Waals surface area contributed by atoms with Crippen molar-refractivity contribution >= 4 is 33.4 Å². The van der Waals surface area contributed by atoms with Gasteiger partial charge in [0.25, 0.3) is 5.91 Å². The van der Waals surface area contributed by atoms with E-state index in [4.69, 9.17) is 4.74 Å². The van der Waals surface area contributed by atoms with Gasteiger partial charge in [0, 0.05) is 17.5 Å². The molecule has 1 saturated carbocycles. The molecule has 8 heteroatoms. The van der Waals surface area contributed by atoms with Crippen LogP contribution in [-0.4, -0.2) is 50.8 Å². The highest BCUT2D eigenvalue weighted by Gasteiger charge is 2.34. The Balaban J connectivity index is 1.58. The highest BCUT2D eigenvalue weighted by molar-refractivity contribution is 7.99. The molecule has 1 heterocycles. The first-order chi connectivity index (χ1) is 11.9. The molecule has 1 amide bonds. The van der Waals surface area contributed by atoms with Gasteiger partial charge in [0.1, 0.15) is 5.75 Å². The Kier molecular flexibility index (Phi) is 5.78. The second kappa shape index (κ2) is 7.86. The fourth-order valence-electron chi connectivity index (χ4n) is 3.22. The molecule has 138 valence electrons. The van der Waals surface area contributed by atoms with Crippen molar-refractivity contribution in [1.82, 2.24) is 5.32 Å². The zero-order valence-electron chi connectivity index (χ0n) is 14.3. The van der Waals surface area contributed by atoms with E-state index in [-0.39, 0.29) is 12.5 Å². The maximum atomic E-state index is 12.4. The van der Waals surface area contributed by atoms with Crippen LogP contribution in [-0.2, 0) is 14.8 Å². The van der Waals surface area contributed by atoms with E-state index in [1.54, 1.807) is 24.3 Å². The Hall–Kier alpha value is -1.41. The maximum absolute atomic E-state index is 12.4. The number of hydrogen-bond acceptors (Lipinski definition) is 5. The van der Waals surface area contributed by atoms with Crippen molar-refractivity contribution in [3.63, 3.8) is 0 Å². The summed E-state index contributed by atoms with van der Waals surface area (Å²) in [5, 5.41) is 3.59. The highest BCUT2D eigenvalue weighted by atomic mass is 32.2. The number of rotatable bonds is 6. The second-order valence-corrected chi connectivity index (χ2v) is 9.75. The van der Waals surface area contributed by atoms with E-state index in [1.807, 2.05) is 11.8 Å². The van der Waals surface area contributed by atoms with Gasteiger partial charge in [-0.2, -0.15) is 11.8 Å². The van der Waals surface area contributed by atoms with Crippen molar-refractivity contribution in [2.45, 2.75) is 37.0 Å². The van der Waals surface area contributed by atoms with Crippen LogP contribution in [0, 0.1) is 0 Å². The van der Waals surface area contributed by atoms with Crippen molar-refractivity contribution in [3.8, 4) is 5.75 Å². The van der Waals surface area contributed by atoms with Crippen molar-refractivity contribution in [3.05, 3.63) is 24.3 Å². The molecule has 1 aliphatic heterocycles. The number of hydrogen-bond donors (Lipinski definition) is 1. The maximum Gasteiger partial charge on any atom is 0.263 e. The molecule has 1 aromatic carbocycles. The number of anilines is 1. The van der Waals surface area contributed by atoms with Crippen molar-refractivity contribution in [2.24, 2.45) is 0 Å². The van der Waals surface area contributed by atoms with Crippen LogP contribution in [0.4, 0.5) is 5.69 Å². The Bertz CT molecular complexity index is 717. The molecule has 0 saturated heterocycles. The van der Waals surface area contributed by atoms with Crippen LogP contribution in [0.3, 0.4) is 0 Å². The minimum absolute atomic E-state index is 0.00253. The number of nitrogens with zero attached hydrogens (tertiary/aromatic N) is 1. The summed E-state index contributed by atoms with van der Waals surface area (Å²) in [4.78, 5) is 12.4. The van der Waals surface area contributed by atoms with Crippen molar-refractivity contribution in [2.75, 3.05) is 29.4 Å². The standard InChI is InChI=1S/C17H24N2O4S2/c1-25(21,22)19-12-16(23-15-9-5-4-8-14(15)19)17(20)18-10-11-24-13-6-2-3-7-13/h4-5,8-9,13,16H,2-3,6-7,10-12H2,1H3,(H,18,20)/t16-/m1/s1. The first-order valence-corrected chi connectivity index (χ1v) is 11.5. The van der Waals surface area contributed by atoms with E-state index in [9.17, 15) is 13.2 Å². The van der Waals surface area contributed by atoms with Crippen LogP contribution in [0.1, 0.15) is 25.7 Å². The molecule has 3 rings (SSSR count). The minimum atomic E-state index is -3.47. The zero-order valence-corrected chi connectivity index (χ0v) is 15.9. The molecule has 6 nitrogen and oxygen atoms in total. The van der Waals surface area contributed by atoms with E-state index in [0.717, 1.165) is 17.3 Å². The summed E-state index contributed by atoms with van der Waals surface area (Å²) < 4.78 is 31.1. The van der Waals surface area contributed by atoms with E-state index in [0.29, 0.717) is 18.0 Å². The number of amides is 1. The molecule has 1 atom stereocenters. The van der Waals surface area contributed by atoms with Crippen LogP contribution >= 0.6 is 11.8 Å². The van der Waals surface area contributed by atoms with Crippen LogP contribution in [0.15, 0.2) is 24.3 Å². The zero-order chi connectivity index (χ0) is 17.9. The lowest BCUT2D eigenvalue weighted by atomic mass is 10.2. The lowest BCUT2D eigenvalue weighted by molar-refractivity contribution is -0.127. The number of thioether (sulfide) groups is 1. The molecule has 0 unspecified atom stereocenters. The third-order valence-corrected chi connectivity index (χ3v) is 7.01. The topological polar surface area (TPSA) is 75.7 Å². The van der Waals surface area contributed by atoms with E-state index < -0.39 is 16.1 Å². The smallest absolute Gasteiger partial charge is 0.263 e. The molecular weight excluding hydrogens is 360 g/mol. The van der Waals surface area contributed by atoms with Gasteiger partial charge in [-0.15, -0.1) is 0 Å². The molecule has 0 spiro atoms. The average Bonchev–Trinajstić information content (AvgIpc) is 3.10. The summed E-state index contributed by atoms with van der Waals surface area (Å²) in [6.45, 7) is 0.567. The molecule has 1 aliphatic carbocycles. The highest BCUT2D eigenvalue weighted by Crippen LogP contribution is 2.34. The molecule has 0 aromatic heterocycles. The van der Waals surface area contributed by atoms with Gasteiger partial charge in [-0.05, 0) is 25.0 Å². The number of carbonyl (C=O) groups is 1. The van der Waals surface area contributed by atoms with Crippen LogP contribution in [0.25, 0.3) is 0 Å². The predicted octanol–water partition coefficient (Wildman–Crippen LogP) is 2.01. The summed E-state index contributed by atoms with van der Waals surface area (Å²) in [5.41, 5.74) is 0.478. The van der Waals surface area contributed by atoms with Gasteiger partial charge in [-0.3, -0.25) is 9.10 Å². The normalized spacial score (nSPS) is 20.8. The van der Waals surface area contributed by atoms with Crippen LogP contribution < -0.4 is 14.4 Å². The third kappa shape index (κ3) is 4.61. The molecule has 1 N–H and O–H groups in total. The molecule has 1 aromatic rings. The lowest BCUT2D eigenvalue weighted by Gasteiger charge is -2.33. The number of para-hydroxylation sites is 2. The molecular formula is C17H24N2O4S2. The third-order valence-electron chi connectivity index (χ3n) is 4.48. The van der Waals surface area contributed by atoms with Crippen molar-refractivity contribution in [1.29, 1.82) is 0 Å². The summed E-state index contributed by atoms with van der Waals surface area (Å²) >= 11 is 1.90. The van der Waals surface area contributed by atoms with Gasteiger partial charge >= 0.3 is 0 Å².